The molecule has 0 atom stereocenters. The Morgan fingerprint density at radius 1 is 0.956 bits per heavy atom. The minimum Gasteiger partial charge on any atom is -0.346 e. The van der Waals surface area contributed by atoms with Crippen LogP contribution >= 0.6 is 23.2 Å². The average Bonchev–Trinajstić information content (AvgIpc) is 3.57. The first-order valence-corrected chi connectivity index (χ1v) is 17.0. The van der Waals surface area contributed by atoms with E-state index in [9.17, 15) is 18.0 Å². The number of amides is 2. The van der Waals surface area contributed by atoms with Crippen LogP contribution in [0.2, 0.25) is 10.0 Å². The molecule has 0 unspecified atom stereocenters. The van der Waals surface area contributed by atoms with Crippen LogP contribution in [0.1, 0.15) is 35.1 Å². The zero-order valence-corrected chi connectivity index (χ0v) is 27.5. The highest BCUT2D eigenvalue weighted by molar-refractivity contribution is 7.89. The first-order valence-electron chi connectivity index (χ1n) is 14.8. The number of nitrogens with one attached hydrogen (secondary N) is 1. The van der Waals surface area contributed by atoms with Gasteiger partial charge >= 0.3 is 0 Å². The molecule has 1 fully saturated rings. The summed E-state index contributed by atoms with van der Waals surface area (Å²) in [6, 6.07) is 21.3. The van der Waals surface area contributed by atoms with Gasteiger partial charge in [0.1, 0.15) is 4.90 Å². The second-order valence-electron chi connectivity index (χ2n) is 11.0. The van der Waals surface area contributed by atoms with Crippen molar-refractivity contribution in [3.05, 3.63) is 99.0 Å². The monoisotopic (exact) mass is 669 g/mol. The van der Waals surface area contributed by atoms with Crippen molar-refractivity contribution in [3.63, 3.8) is 0 Å². The number of hydrogen-bond donors (Lipinski definition) is 1. The summed E-state index contributed by atoms with van der Waals surface area (Å²) >= 11 is 12.6. The van der Waals surface area contributed by atoms with Gasteiger partial charge in [-0.05, 0) is 80.2 Å². The predicted molar refractivity (Wildman–Crippen MR) is 175 cm³/mol. The topological polar surface area (TPSA) is 114 Å². The zero-order chi connectivity index (χ0) is 32.4. The van der Waals surface area contributed by atoms with Crippen LogP contribution in [0.15, 0.2) is 71.6 Å². The molecule has 238 valence electrons. The number of carbonyl (C=O) groups is 2. The van der Waals surface area contributed by atoms with Gasteiger partial charge in [0.2, 0.25) is 21.8 Å². The van der Waals surface area contributed by atoms with Crippen molar-refractivity contribution in [1.29, 1.82) is 5.26 Å². The molecule has 1 saturated heterocycles. The molecule has 0 spiro atoms. The van der Waals surface area contributed by atoms with Crippen LogP contribution in [0, 0.1) is 18.3 Å². The smallest absolute Gasteiger partial charge is 0.245 e. The summed E-state index contributed by atoms with van der Waals surface area (Å²) in [5.41, 5.74) is 2.73. The summed E-state index contributed by atoms with van der Waals surface area (Å²) in [5, 5.41) is 12.1. The van der Waals surface area contributed by atoms with E-state index in [4.69, 9.17) is 28.5 Å². The van der Waals surface area contributed by atoms with Gasteiger partial charge in [-0.15, -0.1) is 0 Å². The summed E-state index contributed by atoms with van der Waals surface area (Å²) in [5.74, 6) is -0.901. The highest BCUT2D eigenvalue weighted by Crippen LogP contribution is 2.32. The van der Waals surface area contributed by atoms with Crippen molar-refractivity contribution in [2.75, 3.05) is 45.8 Å². The molecule has 0 aromatic heterocycles. The minimum atomic E-state index is -4.20. The lowest BCUT2D eigenvalue weighted by molar-refractivity contribution is -0.133. The van der Waals surface area contributed by atoms with E-state index < -0.39 is 22.5 Å². The van der Waals surface area contributed by atoms with E-state index in [0.29, 0.717) is 42.2 Å². The predicted octanol–water partition coefficient (Wildman–Crippen LogP) is 4.65. The summed E-state index contributed by atoms with van der Waals surface area (Å²) in [6.45, 7) is 4.34. The second kappa shape index (κ2) is 16.2. The lowest BCUT2D eigenvalue weighted by Gasteiger charge is -2.26. The molecule has 1 heterocycles. The number of hydrogen-bond acceptors (Lipinski definition) is 6. The Morgan fingerprint density at radius 3 is 2.31 bits per heavy atom. The van der Waals surface area contributed by atoms with E-state index in [2.05, 4.69) is 16.3 Å². The van der Waals surface area contributed by atoms with Crippen molar-refractivity contribution in [2.24, 2.45) is 0 Å². The first-order chi connectivity index (χ1) is 21.6. The highest BCUT2D eigenvalue weighted by Gasteiger charge is 2.30. The van der Waals surface area contributed by atoms with Gasteiger partial charge < -0.3 is 15.1 Å². The van der Waals surface area contributed by atoms with Gasteiger partial charge in [0.25, 0.3) is 0 Å². The SMILES string of the molecule is Cc1c(Cl)ccc(S(=O)(=O)N(CCc2ccccc2)CC(=O)NCC(=O)N(CCN2CCCC2)Cc2ccc(C#N)cc2)c1Cl. The first kappa shape index (κ1) is 34.4. The van der Waals surface area contributed by atoms with Crippen LogP contribution in [0.5, 0.6) is 0 Å². The van der Waals surface area contributed by atoms with Crippen LogP contribution in [-0.2, 0) is 32.6 Å². The van der Waals surface area contributed by atoms with Gasteiger partial charge in [-0.1, -0.05) is 65.7 Å². The number of halogens is 2. The van der Waals surface area contributed by atoms with Crippen molar-refractivity contribution in [1.82, 2.24) is 19.4 Å². The lowest BCUT2D eigenvalue weighted by atomic mass is 10.1. The Morgan fingerprint density at radius 2 is 1.64 bits per heavy atom. The summed E-state index contributed by atoms with van der Waals surface area (Å²) in [6.07, 6.45) is 2.62. The molecular formula is C33H37Cl2N5O4S. The number of nitrogens with zero attached hydrogens (tertiary/aromatic N) is 4. The number of rotatable bonds is 14. The third-order valence-electron chi connectivity index (χ3n) is 7.85. The molecule has 4 rings (SSSR count). The number of carbonyl (C=O) groups excluding carboxylic acids is 2. The average molecular weight is 671 g/mol. The molecule has 9 nitrogen and oxygen atoms in total. The third kappa shape index (κ3) is 9.52. The van der Waals surface area contributed by atoms with E-state index in [1.165, 1.54) is 12.1 Å². The fourth-order valence-corrected chi connectivity index (χ4v) is 7.30. The van der Waals surface area contributed by atoms with E-state index >= 15 is 0 Å². The molecule has 0 radical (unpaired) electrons. The Hall–Kier alpha value is -3.46. The van der Waals surface area contributed by atoms with E-state index in [-0.39, 0.29) is 28.9 Å². The Kier molecular flexibility index (Phi) is 12.4. The molecular weight excluding hydrogens is 633 g/mol. The van der Waals surface area contributed by atoms with Gasteiger partial charge in [-0.2, -0.15) is 9.57 Å². The molecule has 1 aliphatic rings. The second-order valence-corrected chi connectivity index (χ2v) is 13.7. The van der Waals surface area contributed by atoms with Gasteiger partial charge in [0, 0.05) is 31.2 Å². The molecule has 3 aromatic carbocycles. The zero-order valence-electron chi connectivity index (χ0n) is 25.2. The van der Waals surface area contributed by atoms with Gasteiger partial charge in [0.05, 0.1) is 29.7 Å². The van der Waals surface area contributed by atoms with Gasteiger partial charge in [-0.25, -0.2) is 8.42 Å². The molecule has 45 heavy (non-hydrogen) atoms. The quantitative estimate of drug-likeness (QED) is 0.267. The normalized spacial score (nSPS) is 13.5. The fraction of sp³-hybridized carbons (Fsp3) is 0.364. The van der Waals surface area contributed by atoms with Gasteiger partial charge in [-0.3, -0.25) is 9.59 Å². The Labute approximate surface area is 275 Å². The van der Waals surface area contributed by atoms with Crippen LogP contribution in [0.3, 0.4) is 0 Å². The number of benzene rings is 3. The number of sulfonamides is 1. The molecule has 0 aliphatic carbocycles. The molecule has 1 aliphatic heterocycles. The minimum absolute atomic E-state index is 0.000700. The molecule has 2 amide bonds. The van der Waals surface area contributed by atoms with E-state index in [0.717, 1.165) is 41.4 Å². The van der Waals surface area contributed by atoms with Crippen molar-refractivity contribution in [3.8, 4) is 6.07 Å². The largest absolute Gasteiger partial charge is 0.346 e. The van der Waals surface area contributed by atoms with Crippen LogP contribution in [-0.4, -0.2) is 80.2 Å². The molecule has 0 bridgehead atoms. The lowest BCUT2D eigenvalue weighted by Crippen LogP contribution is -2.46. The van der Waals surface area contributed by atoms with E-state index in [1.54, 1.807) is 24.0 Å². The van der Waals surface area contributed by atoms with Crippen molar-refractivity contribution >= 4 is 45.0 Å². The van der Waals surface area contributed by atoms with Crippen molar-refractivity contribution < 1.29 is 18.0 Å². The van der Waals surface area contributed by atoms with Crippen LogP contribution in [0.4, 0.5) is 0 Å². The summed E-state index contributed by atoms with van der Waals surface area (Å²) in [7, 11) is -4.20. The highest BCUT2D eigenvalue weighted by atomic mass is 35.5. The molecule has 12 heteroatoms. The van der Waals surface area contributed by atoms with Crippen molar-refractivity contribution in [2.45, 2.75) is 37.6 Å². The maximum atomic E-state index is 13.8. The Bertz CT molecular complexity index is 1620. The van der Waals surface area contributed by atoms with Crippen LogP contribution < -0.4 is 5.32 Å². The molecule has 0 saturated carbocycles. The van der Waals surface area contributed by atoms with E-state index in [1.807, 2.05) is 42.5 Å². The number of nitriles is 1. The maximum absolute atomic E-state index is 13.8. The Balaban J connectivity index is 1.46. The maximum Gasteiger partial charge on any atom is 0.245 e. The molecule has 1 N–H and O–H groups in total. The number of likely N-dealkylation sites (tertiary alicyclic amines) is 1. The fourth-order valence-electron chi connectivity index (χ4n) is 5.13. The standard InChI is InChI=1S/C33H37Cl2N5O4S/c1-25-29(34)13-14-30(33(25)35)45(43,44)40(18-15-26-7-3-2-4-8-26)24-31(41)37-22-32(42)39(20-19-38-16-5-6-17-38)23-28-11-9-27(21-36)10-12-28/h2-4,7-14H,5-6,15-20,22-24H2,1H3,(H,37,41). The summed E-state index contributed by atoms with van der Waals surface area (Å²) in [4.78, 5) is 30.4. The third-order valence-corrected chi connectivity index (χ3v) is 10.7. The van der Waals surface area contributed by atoms with Crippen LogP contribution in [0.25, 0.3) is 0 Å². The molecule has 3 aromatic rings. The van der Waals surface area contributed by atoms with Gasteiger partial charge in [0.15, 0.2) is 0 Å². The summed E-state index contributed by atoms with van der Waals surface area (Å²) < 4.78 is 28.7.